The Morgan fingerprint density at radius 2 is 1.93 bits per heavy atom. The van der Waals surface area contributed by atoms with Crippen LogP contribution in [0.15, 0.2) is 16.8 Å². The van der Waals surface area contributed by atoms with Crippen molar-refractivity contribution in [2.75, 3.05) is 16.8 Å². The van der Waals surface area contributed by atoms with Crippen LogP contribution in [-0.2, 0) is 6.54 Å². The second kappa shape index (κ2) is 4.09. The molecule has 0 atom stereocenters. The van der Waals surface area contributed by atoms with Gasteiger partial charge < -0.3 is 16.8 Å². The fourth-order valence-electron chi connectivity index (χ4n) is 1.06. The minimum atomic E-state index is 0.121. The van der Waals surface area contributed by atoms with Crippen LogP contribution in [0.2, 0.25) is 0 Å². The van der Waals surface area contributed by atoms with Gasteiger partial charge in [-0.1, -0.05) is 0 Å². The number of hydrogen-bond donors (Lipinski definition) is 3. The van der Waals surface area contributed by atoms with Crippen LogP contribution >= 0.6 is 11.3 Å². The maximum Gasteiger partial charge on any atom is 0.229 e. The second-order valence-corrected chi connectivity index (χ2v) is 3.64. The van der Waals surface area contributed by atoms with Crippen molar-refractivity contribution in [3.8, 4) is 0 Å². The monoisotopic (exact) mass is 222 g/mol. The normalized spacial score (nSPS) is 10.1. The molecule has 2 rings (SSSR count). The van der Waals surface area contributed by atoms with Crippen LogP contribution in [-0.4, -0.2) is 15.0 Å². The highest BCUT2D eigenvalue weighted by Crippen LogP contribution is 2.09. The highest BCUT2D eigenvalue weighted by molar-refractivity contribution is 7.07. The number of hydrogen-bond acceptors (Lipinski definition) is 7. The molecule has 0 unspecified atom stereocenters. The molecule has 2 aromatic heterocycles. The first-order chi connectivity index (χ1) is 7.24. The van der Waals surface area contributed by atoms with Gasteiger partial charge in [-0.3, -0.25) is 0 Å². The van der Waals surface area contributed by atoms with Crippen LogP contribution in [0.25, 0.3) is 0 Å². The Morgan fingerprint density at radius 3 is 2.53 bits per heavy atom. The molecule has 0 amide bonds. The Balaban J connectivity index is 2.05. The molecule has 0 saturated carbocycles. The maximum absolute atomic E-state index is 5.43. The van der Waals surface area contributed by atoms with Crippen molar-refractivity contribution in [2.45, 2.75) is 6.54 Å². The highest BCUT2D eigenvalue weighted by atomic mass is 32.1. The number of nitrogens with one attached hydrogen (secondary N) is 1. The third-order valence-corrected chi connectivity index (χ3v) is 2.43. The standard InChI is InChI=1S/C8H10N6S/c9-6-12-7(10)14-8(13-6)11-3-5-1-2-15-4-5/h1-2,4H,3H2,(H5,9,10,11,12,13,14). The molecule has 6 nitrogen and oxygen atoms in total. The Morgan fingerprint density at radius 1 is 1.20 bits per heavy atom. The molecule has 0 aliphatic rings. The zero-order chi connectivity index (χ0) is 10.7. The summed E-state index contributed by atoms with van der Waals surface area (Å²) in [5.41, 5.74) is 12.0. The van der Waals surface area contributed by atoms with Crippen molar-refractivity contribution < 1.29 is 0 Å². The van der Waals surface area contributed by atoms with Crippen LogP contribution in [0.3, 0.4) is 0 Å². The Labute approximate surface area is 90.4 Å². The van der Waals surface area contributed by atoms with E-state index in [1.807, 2.05) is 16.8 Å². The zero-order valence-corrected chi connectivity index (χ0v) is 8.66. The first kappa shape index (κ1) is 9.66. The minimum absolute atomic E-state index is 0.121. The van der Waals surface area contributed by atoms with E-state index in [4.69, 9.17) is 11.5 Å². The van der Waals surface area contributed by atoms with E-state index in [0.717, 1.165) is 5.56 Å². The lowest BCUT2D eigenvalue weighted by molar-refractivity contribution is 1.02. The van der Waals surface area contributed by atoms with Crippen molar-refractivity contribution in [3.63, 3.8) is 0 Å². The first-order valence-electron chi connectivity index (χ1n) is 4.26. The lowest BCUT2D eigenvalue weighted by Gasteiger charge is -2.03. The molecule has 0 aliphatic carbocycles. The topological polar surface area (TPSA) is 103 Å². The van der Waals surface area contributed by atoms with Gasteiger partial charge in [-0.2, -0.15) is 26.3 Å². The van der Waals surface area contributed by atoms with Gasteiger partial charge >= 0.3 is 0 Å². The van der Waals surface area contributed by atoms with Crippen molar-refractivity contribution in [1.82, 2.24) is 15.0 Å². The smallest absolute Gasteiger partial charge is 0.229 e. The number of rotatable bonds is 3. The van der Waals surface area contributed by atoms with Crippen molar-refractivity contribution in [2.24, 2.45) is 0 Å². The van der Waals surface area contributed by atoms with Gasteiger partial charge in [0.2, 0.25) is 17.8 Å². The number of nitrogens with two attached hydrogens (primary N) is 2. The van der Waals surface area contributed by atoms with Gasteiger partial charge in [-0.25, -0.2) is 0 Å². The molecule has 0 aliphatic heterocycles. The van der Waals surface area contributed by atoms with Gasteiger partial charge in [-0.15, -0.1) is 0 Å². The summed E-state index contributed by atoms with van der Waals surface area (Å²) >= 11 is 1.64. The fourth-order valence-corrected chi connectivity index (χ4v) is 1.73. The number of thiophene rings is 1. The van der Waals surface area contributed by atoms with E-state index in [9.17, 15) is 0 Å². The first-order valence-corrected chi connectivity index (χ1v) is 5.20. The van der Waals surface area contributed by atoms with Gasteiger partial charge in [0.1, 0.15) is 0 Å². The lowest BCUT2D eigenvalue weighted by atomic mass is 10.3. The van der Waals surface area contributed by atoms with E-state index in [-0.39, 0.29) is 11.9 Å². The van der Waals surface area contributed by atoms with Gasteiger partial charge in [0.25, 0.3) is 0 Å². The van der Waals surface area contributed by atoms with Crippen molar-refractivity contribution >= 4 is 29.2 Å². The second-order valence-electron chi connectivity index (χ2n) is 2.86. The molecule has 0 radical (unpaired) electrons. The number of aromatic nitrogens is 3. The number of anilines is 3. The van der Waals surface area contributed by atoms with Crippen molar-refractivity contribution in [1.29, 1.82) is 0 Å². The van der Waals surface area contributed by atoms with Crippen LogP contribution in [0, 0.1) is 0 Å². The van der Waals surface area contributed by atoms with Crippen LogP contribution < -0.4 is 16.8 Å². The van der Waals surface area contributed by atoms with Gasteiger partial charge in [-0.05, 0) is 22.4 Å². The van der Waals surface area contributed by atoms with E-state index >= 15 is 0 Å². The summed E-state index contributed by atoms with van der Waals surface area (Å²) in [5, 5.41) is 7.06. The molecule has 2 heterocycles. The van der Waals surface area contributed by atoms with Gasteiger partial charge in [0.15, 0.2) is 0 Å². The molecule has 7 heteroatoms. The molecule has 0 aromatic carbocycles. The lowest BCUT2D eigenvalue weighted by Crippen LogP contribution is -2.08. The van der Waals surface area contributed by atoms with Crippen LogP contribution in [0.4, 0.5) is 17.8 Å². The van der Waals surface area contributed by atoms with Crippen LogP contribution in [0.5, 0.6) is 0 Å². The summed E-state index contributed by atoms with van der Waals surface area (Å²) in [6.07, 6.45) is 0. The molecule has 0 saturated heterocycles. The molecule has 0 spiro atoms. The average molecular weight is 222 g/mol. The van der Waals surface area contributed by atoms with E-state index in [1.165, 1.54) is 0 Å². The quantitative estimate of drug-likeness (QED) is 0.706. The van der Waals surface area contributed by atoms with Crippen molar-refractivity contribution in [3.05, 3.63) is 22.4 Å². The molecule has 0 bridgehead atoms. The van der Waals surface area contributed by atoms with E-state index in [2.05, 4.69) is 20.3 Å². The molecule has 15 heavy (non-hydrogen) atoms. The summed E-state index contributed by atoms with van der Waals surface area (Å²) in [6.45, 7) is 0.645. The zero-order valence-electron chi connectivity index (χ0n) is 7.84. The molecular formula is C8H10N6S. The Hall–Kier alpha value is -1.89. The summed E-state index contributed by atoms with van der Waals surface area (Å²) < 4.78 is 0. The molecule has 78 valence electrons. The summed E-state index contributed by atoms with van der Waals surface area (Å²) in [6, 6.07) is 2.02. The Bertz CT molecular complexity index is 420. The third-order valence-electron chi connectivity index (χ3n) is 1.70. The molecule has 5 N–H and O–H groups in total. The molecule has 0 fully saturated rings. The van der Waals surface area contributed by atoms with Gasteiger partial charge in [0.05, 0.1) is 0 Å². The molecular weight excluding hydrogens is 212 g/mol. The van der Waals surface area contributed by atoms with Crippen LogP contribution in [0.1, 0.15) is 5.56 Å². The van der Waals surface area contributed by atoms with E-state index in [1.54, 1.807) is 11.3 Å². The SMILES string of the molecule is Nc1nc(N)nc(NCc2ccsc2)n1. The van der Waals surface area contributed by atoms with E-state index < -0.39 is 0 Å². The number of nitrogen functional groups attached to an aromatic ring is 2. The Kier molecular flexibility index (Phi) is 2.64. The van der Waals surface area contributed by atoms with E-state index in [0.29, 0.717) is 12.5 Å². The summed E-state index contributed by atoms with van der Waals surface area (Å²) in [7, 11) is 0. The predicted octanol–water partition coefficient (Wildman–Crippen LogP) is 0.710. The van der Waals surface area contributed by atoms with Gasteiger partial charge in [0, 0.05) is 6.54 Å². The number of nitrogens with zero attached hydrogens (tertiary/aromatic N) is 3. The molecule has 2 aromatic rings. The largest absolute Gasteiger partial charge is 0.368 e. The summed E-state index contributed by atoms with van der Waals surface area (Å²) in [5.74, 6) is 0.636. The maximum atomic E-state index is 5.43. The third kappa shape index (κ3) is 2.53. The minimum Gasteiger partial charge on any atom is -0.368 e. The summed E-state index contributed by atoms with van der Waals surface area (Å²) in [4.78, 5) is 11.5. The predicted molar refractivity (Wildman–Crippen MR) is 60.3 cm³/mol. The average Bonchev–Trinajstić information content (AvgIpc) is 2.65. The highest BCUT2D eigenvalue weighted by Gasteiger charge is 2.01. The fraction of sp³-hybridized carbons (Fsp3) is 0.125.